The molecule has 0 atom stereocenters. The second kappa shape index (κ2) is 3.89. The third-order valence-electron chi connectivity index (χ3n) is 2.54. The van der Waals surface area contributed by atoms with Crippen LogP contribution in [0.25, 0.3) is 10.9 Å². The van der Waals surface area contributed by atoms with Gasteiger partial charge in [0.2, 0.25) is 0 Å². The molecule has 0 unspecified atom stereocenters. The number of hydrogen-bond donors (Lipinski definition) is 1. The normalized spacial score (nSPS) is 10.6. The first kappa shape index (κ1) is 9.97. The third kappa shape index (κ3) is 1.80. The molecule has 1 heterocycles. The molecular weight excluding hydrogens is 184 g/mol. The molecule has 0 amide bonds. The van der Waals surface area contributed by atoms with Gasteiger partial charge in [-0.15, -0.1) is 0 Å². The molecule has 0 radical (unpaired) electrons. The van der Waals surface area contributed by atoms with E-state index in [1.807, 2.05) is 6.92 Å². The number of aromatic nitrogens is 1. The molecule has 0 aliphatic carbocycles. The van der Waals surface area contributed by atoms with Gasteiger partial charge in [-0.25, -0.2) is 0 Å². The number of fused-ring (bicyclic) bond motifs is 1. The number of rotatable bonds is 2. The number of para-hydroxylation sites is 1. The first-order valence-electron chi connectivity index (χ1n) is 5.33. The number of nitrogens with one attached hydrogen (secondary N) is 1. The molecule has 15 heavy (non-hydrogen) atoms. The van der Waals surface area contributed by atoms with Crippen molar-refractivity contribution in [1.29, 1.82) is 0 Å². The van der Waals surface area contributed by atoms with E-state index in [-0.39, 0.29) is 0 Å². The van der Waals surface area contributed by atoms with Gasteiger partial charge in [-0.2, -0.15) is 0 Å². The molecule has 0 aliphatic rings. The van der Waals surface area contributed by atoms with E-state index in [1.54, 1.807) is 0 Å². The molecule has 1 aromatic heterocycles. The van der Waals surface area contributed by atoms with Gasteiger partial charge in [-0.05, 0) is 38.5 Å². The van der Waals surface area contributed by atoms with Crippen molar-refractivity contribution in [3.8, 4) is 0 Å². The molecule has 2 nitrogen and oxygen atoms in total. The molecule has 2 heteroatoms. The smallest absolute Gasteiger partial charge is 0.0939 e. The highest BCUT2D eigenvalue weighted by molar-refractivity contribution is 5.92. The Balaban J connectivity index is 2.73. The van der Waals surface area contributed by atoms with Gasteiger partial charge in [0.05, 0.1) is 11.2 Å². The molecule has 0 bridgehead atoms. The maximum absolute atomic E-state index is 4.59. The number of benzene rings is 1. The molecule has 2 rings (SSSR count). The summed E-state index contributed by atoms with van der Waals surface area (Å²) >= 11 is 0. The summed E-state index contributed by atoms with van der Waals surface area (Å²) in [5.74, 6) is 0. The molecule has 2 aromatic rings. The Kier molecular flexibility index (Phi) is 2.58. The van der Waals surface area contributed by atoms with Crippen molar-refractivity contribution in [2.45, 2.75) is 20.8 Å². The Morgan fingerprint density at radius 1 is 1.27 bits per heavy atom. The Morgan fingerprint density at radius 3 is 2.80 bits per heavy atom. The van der Waals surface area contributed by atoms with Crippen LogP contribution in [0.5, 0.6) is 0 Å². The number of aryl methyl sites for hydroxylation is 2. The van der Waals surface area contributed by atoms with Crippen molar-refractivity contribution < 1.29 is 0 Å². The van der Waals surface area contributed by atoms with E-state index in [1.165, 1.54) is 10.9 Å². The summed E-state index contributed by atoms with van der Waals surface area (Å²) in [7, 11) is 0. The summed E-state index contributed by atoms with van der Waals surface area (Å²) in [6.07, 6.45) is 0. The predicted octanol–water partition coefficient (Wildman–Crippen LogP) is 3.28. The van der Waals surface area contributed by atoms with Gasteiger partial charge in [-0.3, -0.25) is 4.98 Å². The van der Waals surface area contributed by atoms with Crippen LogP contribution in [0, 0.1) is 13.8 Å². The lowest BCUT2D eigenvalue weighted by Crippen LogP contribution is -1.99. The molecule has 1 N–H and O–H groups in total. The van der Waals surface area contributed by atoms with Crippen LogP contribution in [0.2, 0.25) is 0 Å². The lowest BCUT2D eigenvalue weighted by atomic mass is 10.1. The second-order valence-corrected chi connectivity index (χ2v) is 3.81. The number of pyridine rings is 1. The Bertz CT molecular complexity index is 489. The fourth-order valence-electron chi connectivity index (χ4n) is 1.91. The quantitative estimate of drug-likeness (QED) is 0.804. The van der Waals surface area contributed by atoms with E-state index < -0.39 is 0 Å². The zero-order valence-corrected chi connectivity index (χ0v) is 9.46. The van der Waals surface area contributed by atoms with Crippen molar-refractivity contribution in [3.05, 3.63) is 35.5 Å². The monoisotopic (exact) mass is 200 g/mol. The third-order valence-corrected chi connectivity index (χ3v) is 2.54. The van der Waals surface area contributed by atoms with Gasteiger partial charge < -0.3 is 5.32 Å². The summed E-state index contributed by atoms with van der Waals surface area (Å²) in [5, 5.41) is 4.58. The van der Waals surface area contributed by atoms with Gasteiger partial charge in [0.1, 0.15) is 0 Å². The van der Waals surface area contributed by atoms with E-state index >= 15 is 0 Å². The molecule has 0 fully saturated rings. The summed E-state index contributed by atoms with van der Waals surface area (Å²) < 4.78 is 0. The molecule has 0 saturated carbocycles. The van der Waals surface area contributed by atoms with E-state index in [0.29, 0.717) is 0 Å². The molecule has 0 aliphatic heterocycles. The minimum atomic E-state index is 0.924. The van der Waals surface area contributed by atoms with Crippen LogP contribution in [0.15, 0.2) is 24.3 Å². The SMILES string of the molecule is CCNc1cccc2c(C)cc(C)nc12. The van der Waals surface area contributed by atoms with Crippen molar-refractivity contribution in [2.24, 2.45) is 0 Å². The van der Waals surface area contributed by atoms with E-state index in [4.69, 9.17) is 0 Å². The van der Waals surface area contributed by atoms with Gasteiger partial charge >= 0.3 is 0 Å². The highest BCUT2D eigenvalue weighted by Gasteiger charge is 2.04. The van der Waals surface area contributed by atoms with Gasteiger partial charge in [0.15, 0.2) is 0 Å². The van der Waals surface area contributed by atoms with Gasteiger partial charge in [0.25, 0.3) is 0 Å². The Morgan fingerprint density at radius 2 is 2.07 bits per heavy atom. The molecule has 0 spiro atoms. The average molecular weight is 200 g/mol. The average Bonchev–Trinajstić information content (AvgIpc) is 2.19. The summed E-state index contributed by atoms with van der Waals surface area (Å²) in [6, 6.07) is 8.40. The zero-order chi connectivity index (χ0) is 10.8. The molecule has 0 saturated heterocycles. The van der Waals surface area contributed by atoms with E-state index in [9.17, 15) is 0 Å². The minimum absolute atomic E-state index is 0.924. The largest absolute Gasteiger partial charge is 0.384 e. The lowest BCUT2D eigenvalue weighted by Gasteiger charge is -2.09. The minimum Gasteiger partial charge on any atom is -0.384 e. The van der Waals surface area contributed by atoms with Gasteiger partial charge in [0, 0.05) is 17.6 Å². The fraction of sp³-hybridized carbons (Fsp3) is 0.308. The first-order chi connectivity index (χ1) is 7.22. The van der Waals surface area contributed by atoms with Crippen molar-refractivity contribution >= 4 is 16.6 Å². The van der Waals surface area contributed by atoms with Crippen molar-refractivity contribution in [1.82, 2.24) is 4.98 Å². The summed E-state index contributed by atoms with van der Waals surface area (Å²) in [4.78, 5) is 4.59. The predicted molar refractivity (Wildman–Crippen MR) is 65.4 cm³/mol. The Labute approximate surface area is 90.3 Å². The Hall–Kier alpha value is -1.57. The van der Waals surface area contributed by atoms with Crippen LogP contribution in [-0.4, -0.2) is 11.5 Å². The molecule has 1 aromatic carbocycles. The van der Waals surface area contributed by atoms with Crippen LogP contribution < -0.4 is 5.32 Å². The second-order valence-electron chi connectivity index (χ2n) is 3.81. The van der Waals surface area contributed by atoms with E-state index in [0.717, 1.165) is 23.4 Å². The lowest BCUT2D eigenvalue weighted by molar-refractivity contribution is 1.19. The summed E-state index contributed by atoms with van der Waals surface area (Å²) in [6.45, 7) is 7.19. The number of nitrogens with zero attached hydrogens (tertiary/aromatic N) is 1. The summed E-state index contributed by atoms with van der Waals surface area (Å²) in [5.41, 5.74) is 4.57. The van der Waals surface area contributed by atoms with Crippen LogP contribution in [0.1, 0.15) is 18.2 Å². The van der Waals surface area contributed by atoms with Crippen molar-refractivity contribution in [2.75, 3.05) is 11.9 Å². The molecule has 78 valence electrons. The van der Waals surface area contributed by atoms with Crippen LogP contribution in [0.4, 0.5) is 5.69 Å². The maximum Gasteiger partial charge on any atom is 0.0939 e. The van der Waals surface area contributed by atoms with Crippen molar-refractivity contribution in [3.63, 3.8) is 0 Å². The van der Waals surface area contributed by atoms with Crippen LogP contribution in [0.3, 0.4) is 0 Å². The fourth-order valence-corrected chi connectivity index (χ4v) is 1.91. The highest BCUT2D eigenvalue weighted by atomic mass is 14.9. The van der Waals surface area contributed by atoms with Gasteiger partial charge in [-0.1, -0.05) is 12.1 Å². The highest BCUT2D eigenvalue weighted by Crippen LogP contribution is 2.24. The molecular formula is C13H16N2. The van der Waals surface area contributed by atoms with E-state index in [2.05, 4.69) is 48.4 Å². The number of hydrogen-bond acceptors (Lipinski definition) is 2. The maximum atomic E-state index is 4.59. The van der Waals surface area contributed by atoms with Crippen LogP contribution in [-0.2, 0) is 0 Å². The number of anilines is 1. The zero-order valence-electron chi connectivity index (χ0n) is 9.46. The van der Waals surface area contributed by atoms with Crippen LogP contribution >= 0.6 is 0 Å². The topological polar surface area (TPSA) is 24.9 Å². The first-order valence-corrected chi connectivity index (χ1v) is 5.33. The standard InChI is InChI=1S/C13H16N2/c1-4-14-12-7-5-6-11-9(2)8-10(3)15-13(11)12/h5-8,14H,4H2,1-3H3.